The van der Waals surface area contributed by atoms with Gasteiger partial charge in [-0.15, -0.1) is 6.42 Å². The van der Waals surface area contributed by atoms with Crippen LogP contribution in [0.3, 0.4) is 0 Å². The fourth-order valence-electron chi connectivity index (χ4n) is 1.70. The molecule has 0 spiro atoms. The number of carbonyl (C=O) groups excluding carboxylic acids is 3. The van der Waals surface area contributed by atoms with E-state index in [0.29, 0.717) is 0 Å². The second kappa shape index (κ2) is 9.85. The molecule has 130 valence electrons. The lowest BCUT2D eigenvalue weighted by atomic mass is 9.99. The Hall–Kier alpha value is -2.07. The molecule has 23 heavy (non-hydrogen) atoms. The van der Waals surface area contributed by atoms with Gasteiger partial charge < -0.3 is 14.2 Å². The summed E-state index contributed by atoms with van der Waals surface area (Å²) in [4.78, 5) is 36.6. The van der Waals surface area contributed by atoms with Crippen molar-refractivity contribution < 1.29 is 28.6 Å². The van der Waals surface area contributed by atoms with E-state index < -0.39 is 35.5 Å². The monoisotopic (exact) mass is 327 g/mol. The number of hydrogen-bond acceptors (Lipinski definition) is 7. The van der Waals surface area contributed by atoms with Crippen LogP contribution < -0.4 is 5.32 Å². The molecular formula is C16H25NO6. The van der Waals surface area contributed by atoms with Gasteiger partial charge in [0.2, 0.25) is 0 Å². The molecule has 0 aromatic rings. The van der Waals surface area contributed by atoms with Crippen molar-refractivity contribution in [1.29, 1.82) is 0 Å². The first-order chi connectivity index (χ1) is 10.7. The normalized spacial score (nSPS) is 12.2. The molecule has 0 saturated heterocycles. The summed E-state index contributed by atoms with van der Waals surface area (Å²) in [5.41, 5.74) is -0.791. The van der Waals surface area contributed by atoms with Gasteiger partial charge in [0.05, 0.1) is 19.8 Å². The molecule has 7 heteroatoms. The third-order valence-corrected chi connectivity index (χ3v) is 2.50. The first kappa shape index (κ1) is 20.9. The number of hydrogen-bond donors (Lipinski definition) is 1. The van der Waals surface area contributed by atoms with Crippen LogP contribution in [0, 0.1) is 18.3 Å². The molecule has 0 rings (SSSR count). The minimum absolute atomic E-state index is 0.0286. The van der Waals surface area contributed by atoms with Crippen LogP contribution in [0.1, 0.15) is 34.6 Å². The number of nitrogens with one attached hydrogen (secondary N) is 1. The van der Waals surface area contributed by atoms with Crippen LogP contribution in [0.4, 0.5) is 0 Å². The molecule has 1 unspecified atom stereocenters. The lowest BCUT2D eigenvalue weighted by Crippen LogP contribution is -2.52. The maximum atomic E-state index is 12.4. The smallest absolute Gasteiger partial charge is 0.325 e. The summed E-state index contributed by atoms with van der Waals surface area (Å²) in [5.74, 6) is -1.72. The molecule has 0 aliphatic heterocycles. The molecule has 7 nitrogen and oxygen atoms in total. The predicted molar refractivity (Wildman–Crippen MR) is 83.2 cm³/mol. The fourth-order valence-corrected chi connectivity index (χ4v) is 1.70. The number of esters is 3. The Balaban J connectivity index is 5.52. The van der Waals surface area contributed by atoms with E-state index in [4.69, 9.17) is 20.6 Å². The third kappa shape index (κ3) is 7.66. The van der Waals surface area contributed by atoms with Crippen LogP contribution in [0.2, 0.25) is 0 Å². The van der Waals surface area contributed by atoms with Crippen LogP contribution in [0.25, 0.3) is 0 Å². The summed E-state index contributed by atoms with van der Waals surface area (Å²) < 4.78 is 15.0. The van der Waals surface area contributed by atoms with Crippen LogP contribution in [-0.2, 0) is 28.6 Å². The summed E-state index contributed by atoms with van der Waals surface area (Å²) in [6.07, 6.45) is 5.18. The van der Waals surface area contributed by atoms with E-state index in [2.05, 4.69) is 11.2 Å². The van der Waals surface area contributed by atoms with Gasteiger partial charge in [0, 0.05) is 0 Å². The Morgan fingerprint density at radius 3 is 1.87 bits per heavy atom. The van der Waals surface area contributed by atoms with Crippen LogP contribution in [0.5, 0.6) is 0 Å². The molecule has 0 aromatic carbocycles. The molecule has 0 radical (unpaired) electrons. The highest BCUT2D eigenvalue weighted by Crippen LogP contribution is 2.16. The van der Waals surface area contributed by atoms with Gasteiger partial charge in [-0.25, -0.2) is 0 Å². The van der Waals surface area contributed by atoms with E-state index in [1.54, 1.807) is 34.6 Å². The van der Waals surface area contributed by atoms with E-state index in [-0.39, 0.29) is 19.8 Å². The van der Waals surface area contributed by atoms with E-state index in [1.807, 2.05) is 0 Å². The van der Waals surface area contributed by atoms with Crippen molar-refractivity contribution in [2.24, 2.45) is 5.92 Å². The average molecular weight is 327 g/mol. The molecule has 0 bridgehead atoms. The van der Waals surface area contributed by atoms with Gasteiger partial charge in [-0.05, 0) is 34.6 Å². The fraction of sp³-hybridized carbons (Fsp3) is 0.688. The minimum Gasteiger partial charge on any atom is -0.465 e. The summed E-state index contributed by atoms with van der Waals surface area (Å²) in [5, 5.41) is 2.66. The zero-order valence-electron chi connectivity index (χ0n) is 14.3. The van der Waals surface area contributed by atoms with Gasteiger partial charge >= 0.3 is 17.9 Å². The van der Waals surface area contributed by atoms with Crippen molar-refractivity contribution in [3.05, 3.63) is 0 Å². The van der Waals surface area contributed by atoms with Crippen LogP contribution >= 0.6 is 0 Å². The average Bonchev–Trinajstić information content (AvgIpc) is 2.41. The van der Waals surface area contributed by atoms with Gasteiger partial charge in [-0.1, -0.05) is 5.92 Å². The molecule has 0 aliphatic rings. The molecule has 0 heterocycles. The highest BCUT2D eigenvalue weighted by Gasteiger charge is 2.43. The largest absolute Gasteiger partial charge is 0.465 e. The minimum atomic E-state index is -1.49. The second-order valence-corrected chi connectivity index (χ2v) is 5.58. The van der Waals surface area contributed by atoms with Gasteiger partial charge in [0.1, 0.15) is 11.6 Å². The number of carbonyl (C=O) groups is 3. The summed E-state index contributed by atoms with van der Waals surface area (Å²) in [7, 11) is 0. The van der Waals surface area contributed by atoms with Crippen molar-refractivity contribution in [1.82, 2.24) is 5.32 Å². The summed E-state index contributed by atoms with van der Waals surface area (Å²) in [6, 6.07) is -1.29. The first-order valence-corrected chi connectivity index (χ1v) is 7.40. The number of rotatable bonds is 8. The van der Waals surface area contributed by atoms with Crippen LogP contribution in [0.15, 0.2) is 0 Å². The summed E-state index contributed by atoms with van der Waals surface area (Å²) in [6.45, 7) is 8.30. The van der Waals surface area contributed by atoms with Crippen LogP contribution in [-0.4, -0.2) is 49.3 Å². The topological polar surface area (TPSA) is 90.9 Å². The van der Waals surface area contributed by atoms with Crippen molar-refractivity contribution in [3.8, 4) is 12.3 Å². The van der Waals surface area contributed by atoms with Crippen molar-refractivity contribution in [2.75, 3.05) is 19.8 Å². The molecule has 1 atom stereocenters. The van der Waals surface area contributed by atoms with E-state index in [9.17, 15) is 14.4 Å². The van der Waals surface area contributed by atoms with Crippen molar-refractivity contribution >= 4 is 17.9 Å². The third-order valence-electron chi connectivity index (χ3n) is 2.50. The second-order valence-electron chi connectivity index (χ2n) is 5.58. The van der Waals surface area contributed by atoms with Gasteiger partial charge in [0.25, 0.3) is 0 Å². The first-order valence-electron chi connectivity index (χ1n) is 7.40. The summed E-state index contributed by atoms with van der Waals surface area (Å²) >= 11 is 0. The quantitative estimate of drug-likeness (QED) is 0.303. The van der Waals surface area contributed by atoms with E-state index >= 15 is 0 Å². The Kier molecular flexibility index (Phi) is 8.96. The highest BCUT2D eigenvalue weighted by molar-refractivity contribution is 6.00. The molecule has 0 amide bonds. The standard InChI is InChI=1S/C16H25NO6/c1-7-10-17-12(15(20)23-16(4,5)6)11(13(18)21-8-2)14(19)22-9-3/h1,11-12,17H,8-10H2,2-6H3. The van der Waals surface area contributed by atoms with Gasteiger partial charge in [-0.2, -0.15) is 0 Å². The molecule has 0 aliphatic carbocycles. The maximum Gasteiger partial charge on any atom is 0.325 e. The molecular weight excluding hydrogens is 302 g/mol. The zero-order valence-corrected chi connectivity index (χ0v) is 14.3. The highest BCUT2D eigenvalue weighted by atomic mass is 16.6. The molecule has 0 fully saturated rings. The van der Waals surface area contributed by atoms with Gasteiger partial charge in [0.15, 0.2) is 5.92 Å². The predicted octanol–water partition coefficient (Wildman–Crippen LogP) is 0.662. The molecule has 1 N–H and O–H groups in total. The van der Waals surface area contributed by atoms with E-state index in [0.717, 1.165) is 0 Å². The van der Waals surface area contributed by atoms with E-state index in [1.165, 1.54) is 0 Å². The number of ether oxygens (including phenoxy) is 3. The Bertz CT molecular complexity index is 442. The SMILES string of the molecule is C#CCNC(C(=O)OC(C)(C)C)C(C(=O)OCC)C(=O)OCC. The Morgan fingerprint density at radius 2 is 1.52 bits per heavy atom. The molecule has 0 aromatic heterocycles. The molecule has 0 saturated carbocycles. The van der Waals surface area contributed by atoms with Crippen molar-refractivity contribution in [2.45, 2.75) is 46.3 Å². The maximum absolute atomic E-state index is 12.4. The lowest BCUT2D eigenvalue weighted by molar-refractivity contribution is -0.172. The lowest BCUT2D eigenvalue weighted by Gasteiger charge is -2.27. The Morgan fingerprint density at radius 1 is 1.04 bits per heavy atom. The number of terminal acetylenes is 1. The van der Waals surface area contributed by atoms with Gasteiger partial charge in [-0.3, -0.25) is 19.7 Å². The zero-order chi connectivity index (χ0) is 18.0. The van der Waals surface area contributed by atoms with Crippen molar-refractivity contribution in [3.63, 3.8) is 0 Å². The Labute approximate surface area is 137 Å².